The van der Waals surface area contributed by atoms with Gasteiger partial charge >= 0.3 is 0 Å². The lowest BCUT2D eigenvalue weighted by Crippen LogP contribution is -2.52. The molecule has 3 aromatic rings. The molecule has 34 heavy (non-hydrogen) atoms. The van der Waals surface area contributed by atoms with Gasteiger partial charge in [-0.1, -0.05) is 0 Å². The molecule has 0 saturated carbocycles. The average molecular weight is 469 g/mol. The second-order valence-electron chi connectivity index (χ2n) is 8.77. The van der Waals surface area contributed by atoms with Gasteiger partial charge in [-0.15, -0.1) is 0 Å². The van der Waals surface area contributed by atoms with E-state index in [4.69, 9.17) is 15.2 Å². The van der Waals surface area contributed by atoms with Crippen molar-refractivity contribution >= 4 is 11.0 Å². The number of ether oxygens (including phenoxy) is 2. The first kappa shape index (κ1) is 22.7. The number of halogens is 1. The molecule has 2 unspecified atom stereocenters. The molecular weight excluding hydrogens is 439 g/mol. The minimum atomic E-state index is -0.378. The van der Waals surface area contributed by atoms with Crippen LogP contribution in [0.1, 0.15) is 12.1 Å². The molecule has 2 aliphatic rings. The summed E-state index contributed by atoms with van der Waals surface area (Å²) in [6, 6.07) is 6.52. The zero-order valence-electron chi connectivity index (χ0n) is 19.0. The second-order valence-corrected chi connectivity index (χ2v) is 8.77. The summed E-state index contributed by atoms with van der Waals surface area (Å²) in [6.07, 6.45) is 3.95. The van der Waals surface area contributed by atoms with Crippen molar-refractivity contribution in [2.75, 3.05) is 39.4 Å². The molecule has 9 nitrogen and oxygen atoms in total. The lowest BCUT2D eigenvalue weighted by atomic mass is 9.92. The normalized spacial score (nSPS) is 20.5. The Balaban J connectivity index is 1.19. The van der Waals surface area contributed by atoms with E-state index in [9.17, 15) is 9.18 Å². The standard InChI is InChI=1S/C24H29FN6O3/c25-17-1-2-20-21(9-17)31(24(32)14-29-20)6-5-30-4-3-19(16(11-26)15-30)28-12-18-10-22-23(13-27-18)34-8-7-33-22/h1-2,9-10,13-14,16,19,28H,3-8,11-12,15,26H2. The van der Waals surface area contributed by atoms with Crippen LogP contribution in [0.3, 0.4) is 0 Å². The van der Waals surface area contributed by atoms with E-state index in [1.54, 1.807) is 16.8 Å². The van der Waals surface area contributed by atoms with Crippen LogP contribution in [0.15, 0.2) is 41.5 Å². The van der Waals surface area contributed by atoms with Gasteiger partial charge in [-0.3, -0.25) is 9.78 Å². The molecule has 3 N–H and O–H groups in total. The lowest BCUT2D eigenvalue weighted by Gasteiger charge is -2.38. The number of benzene rings is 1. The van der Waals surface area contributed by atoms with Gasteiger partial charge in [0.15, 0.2) is 11.5 Å². The zero-order chi connectivity index (χ0) is 23.5. The zero-order valence-corrected chi connectivity index (χ0v) is 19.0. The lowest BCUT2D eigenvalue weighted by molar-refractivity contribution is 0.136. The predicted molar refractivity (Wildman–Crippen MR) is 125 cm³/mol. The number of aromatic nitrogens is 3. The van der Waals surface area contributed by atoms with E-state index in [0.717, 1.165) is 31.0 Å². The van der Waals surface area contributed by atoms with Crippen molar-refractivity contribution in [3.05, 3.63) is 58.5 Å². The Hall–Kier alpha value is -3.08. The first-order valence-electron chi connectivity index (χ1n) is 11.7. The fourth-order valence-electron chi connectivity index (χ4n) is 4.75. The molecule has 0 amide bonds. The highest BCUT2D eigenvalue weighted by Gasteiger charge is 2.28. The summed E-state index contributed by atoms with van der Waals surface area (Å²) in [5, 5.41) is 3.61. The van der Waals surface area contributed by atoms with Crippen LogP contribution >= 0.6 is 0 Å². The van der Waals surface area contributed by atoms with Crippen LogP contribution in [-0.2, 0) is 13.1 Å². The van der Waals surface area contributed by atoms with Gasteiger partial charge in [-0.05, 0) is 43.6 Å². The van der Waals surface area contributed by atoms with Crippen LogP contribution in [0.4, 0.5) is 4.39 Å². The largest absolute Gasteiger partial charge is 0.486 e. The van der Waals surface area contributed by atoms with Crippen molar-refractivity contribution < 1.29 is 13.9 Å². The van der Waals surface area contributed by atoms with Crippen LogP contribution < -0.4 is 26.1 Å². The highest BCUT2D eigenvalue weighted by molar-refractivity contribution is 5.74. The van der Waals surface area contributed by atoms with E-state index in [2.05, 4.69) is 20.2 Å². The predicted octanol–water partition coefficient (Wildman–Crippen LogP) is 1.14. The van der Waals surface area contributed by atoms with E-state index in [-0.39, 0.29) is 23.3 Å². The van der Waals surface area contributed by atoms with Crippen molar-refractivity contribution in [3.63, 3.8) is 0 Å². The second kappa shape index (κ2) is 10.0. The monoisotopic (exact) mass is 468 g/mol. The molecule has 5 rings (SSSR count). The van der Waals surface area contributed by atoms with Gasteiger partial charge in [-0.25, -0.2) is 9.37 Å². The Morgan fingerprint density at radius 3 is 2.82 bits per heavy atom. The van der Waals surface area contributed by atoms with Crippen LogP contribution in [-0.4, -0.2) is 64.9 Å². The maximum absolute atomic E-state index is 13.8. The van der Waals surface area contributed by atoms with Crippen molar-refractivity contribution in [2.24, 2.45) is 11.7 Å². The average Bonchev–Trinajstić information content (AvgIpc) is 2.87. The fraction of sp³-hybridized carbons (Fsp3) is 0.458. The van der Waals surface area contributed by atoms with Gasteiger partial charge in [0.1, 0.15) is 19.0 Å². The highest BCUT2D eigenvalue weighted by atomic mass is 19.1. The van der Waals surface area contributed by atoms with Gasteiger partial charge in [0.05, 0.1) is 29.1 Å². The summed E-state index contributed by atoms with van der Waals surface area (Å²) in [7, 11) is 0. The third-order valence-electron chi connectivity index (χ3n) is 6.60. The van der Waals surface area contributed by atoms with Gasteiger partial charge in [0, 0.05) is 38.3 Å². The number of hydrogen-bond acceptors (Lipinski definition) is 8. The van der Waals surface area contributed by atoms with Gasteiger partial charge in [0.2, 0.25) is 0 Å². The Bertz CT molecular complexity index is 1220. The summed E-state index contributed by atoms with van der Waals surface area (Å²) < 4.78 is 26.6. The minimum Gasteiger partial charge on any atom is -0.486 e. The summed E-state index contributed by atoms with van der Waals surface area (Å²) in [6.45, 7) is 5.15. The number of fused-ring (bicyclic) bond motifs is 2. The van der Waals surface area contributed by atoms with Crippen LogP contribution in [0.2, 0.25) is 0 Å². The molecule has 0 radical (unpaired) electrons. The van der Waals surface area contributed by atoms with Gasteiger partial charge < -0.3 is 30.0 Å². The van der Waals surface area contributed by atoms with E-state index in [1.165, 1.54) is 18.3 Å². The SMILES string of the molecule is NCC1CN(CCn2c(=O)cnc3ccc(F)cc32)CCC1NCc1cc2c(cn1)OCCO2. The fourth-order valence-corrected chi connectivity index (χ4v) is 4.75. The third kappa shape index (κ3) is 4.89. The van der Waals surface area contributed by atoms with Crippen molar-refractivity contribution in [2.45, 2.75) is 25.6 Å². The van der Waals surface area contributed by atoms with E-state index < -0.39 is 0 Å². The molecular formula is C24H29FN6O3. The molecule has 0 aliphatic carbocycles. The van der Waals surface area contributed by atoms with Crippen molar-refractivity contribution in [3.8, 4) is 11.5 Å². The van der Waals surface area contributed by atoms with Crippen molar-refractivity contribution in [1.82, 2.24) is 24.8 Å². The molecule has 10 heteroatoms. The molecule has 0 bridgehead atoms. The molecule has 4 heterocycles. The number of likely N-dealkylation sites (tertiary alicyclic amines) is 1. The molecule has 0 spiro atoms. The Labute approximate surface area is 196 Å². The van der Waals surface area contributed by atoms with E-state index in [0.29, 0.717) is 56.2 Å². The number of nitrogens with one attached hydrogen (secondary N) is 1. The molecule has 1 saturated heterocycles. The number of rotatable bonds is 7. The summed E-state index contributed by atoms with van der Waals surface area (Å²) in [5.74, 6) is 1.32. The smallest absolute Gasteiger partial charge is 0.269 e. The highest BCUT2D eigenvalue weighted by Crippen LogP contribution is 2.29. The number of piperidine rings is 1. The maximum atomic E-state index is 13.8. The van der Waals surface area contributed by atoms with Gasteiger partial charge in [0.25, 0.3) is 5.56 Å². The summed E-state index contributed by atoms with van der Waals surface area (Å²) >= 11 is 0. The summed E-state index contributed by atoms with van der Waals surface area (Å²) in [5.41, 5.74) is 7.92. The van der Waals surface area contributed by atoms with Crippen LogP contribution in [0.5, 0.6) is 11.5 Å². The van der Waals surface area contributed by atoms with Gasteiger partial charge in [-0.2, -0.15) is 0 Å². The molecule has 2 atom stereocenters. The first-order chi connectivity index (χ1) is 16.6. The topological polar surface area (TPSA) is 108 Å². The molecule has 180 valence electrons. The molecule has 1 fully saturated rings. The van der Waals surface area contributed by atoms with E-state index >= 15 is 0 Å². The first-order valence-corrected chi connectivity index (χ1v) is 11.7. The molecule has 1 aromatic carbocycles. The number of hydrogen-bond donors (Lipinski definition) is 2. The number of pyridine rings is 1. The number of nitrogens with zero attached hydrogens (tertiary/aromatic N) is 4. The molecule has 2 aromatic heterocycles. The Morgan fingerprint density at radius 2 is 1.97 bits per heavy atom. The number of nitrogens with two attached hydrogens (primary N) is 1. The molecule has 2 aliphatic heterocycles. The van der Waals surface area contributed by atoms with E-state index in [1.807, 2.05) is 6.07 Å². The maximum Gasteiger partial charge on any atom is 0.269 e. The third-order valence-corrected chi connectivity index (χ3v) is 6.60. The minimum absolute atomic E-state index is 0.225. The summed E-state index contributed by atoms with van der Waals surface area (Å²) in [4.78, 5) is 23.3. The quantitative estimate of drug-likeness (QED) is 0.532. The van der Waals surface area contributed by atoms with Crippen LogP contribution in [0.25, 0.3) is 11.0 Å². The van der Waals surface area contributed by atoms with Crippen LogP contribution in [0, 0.1) is 11.7 Å². The Kier molecular flexibility index (Phi) is 6.70. The Morgan fingerprint density at radius 1 is 1.12 bits per heavy atom. The van der Waals surface area contributed by atoms with Crippen molar-refractivity contribution in [1.29, 1.82) is 0 Å².